The molecular weight excluding hydrogens is 298 g/mol. The molecule has 2 aromatic carbocycles. The van der Waals surface area contributed by atoms with E-state index in [0.29, 0.717) is 0 Å². The summed E-state index contributed by atoms with van der Waals surface area (Å²) in [5.41, 5.74) is 3.75. The molecule has 0 spiro atoms. The van der Waals surface area contributed by atoms with Gasteiger partial charge in [0.1, 0.15) is 0 Å². The maximum absolute atomic E-state index is 12.3. The molecule has 114 valence electrons. The first-order chi connectivity index (χ1) is 10.6. The molecule has 0 saturated carbocycles. The highest BCUT2D eigenvalue weighted by molar-refractivity contribution is 7.89. The average molecular weight is 315 g/mol. The van der Waals surface area contributed by atoms with E-state index in [4.69, 9.17) is 0 Å². The number of H-pyrrole nitrogens is 1. The molecule has 1 heterocycles. The number of benzene rings is 2. The lowest BCUT2D eigenvalue weighted by Gasteiger charge is -2.07. The summed E-state index contributed by atoms with van der Waals surface area (Å²) in [5, 5.41) is 0. The lowest BCUT2D eigenvalue weighted by atomic mass is 10.2. The molecule has 6 heteroatoms. The molecule has 0 aliphatic rings. The van der Waals surface area contributed by atoms with Crippen molar-refractivity contribution in [3.05, 3.63) is 59.9 Å². The van der Waals surface area contributed by atoms with Gasteiger partial charge in [-0.3, -0.25) is 0 Å². The molecule has 0 radical (unpaired) electrons. The van der Waals surface area contributed by atoms with Gasteiger partial charge in [-0.25, -0.2) is 18.1 Å². The second kappa shape index (κ2) is 5.90. The predicted octanol–water partition coefficient (Wildman–Crippen LogP) is 2.60. The molecule has 0 saturated heterocycles. The van der Waals surface area contributed by atoms with Gasteiger partial charge < -0.3 is 4.98 Å². The minimum atomic E-state index is -3.50. The van der Waals surface area contributed by atoms with Crippen LogP contribution in [0.5, 0.6) is 0 Å². The minimum Gasteiger partial charge on any atom is -0.345 e. The first-order valence-electron chi connectivity index (χ1n) is 7.09. The fourth-order valence-corrected chi connectivity index (χ4v) is 3.28. The average Bonchev–Trinajstić information content (AvgIpc) is 3.01. The van der Waals surface area contributed by atoms with Crippen molar-refractivity contribution in [2.24, 2.45) is 0 Å². The van der Waals surface area contributed by atoms with Crippen molar-refractivity contribution < 1.29 is 8.42 Å². The van der Waals surface area contributed by atoms with Gasteiger partial charge in [0, 0.05) is 6.54 Å². The van der Waals surface area contributed by atoms with Gasteiger partial charge in [-0.05, 0) is 41.8 Å². The molecule has 0 atom stereocenters. The van der Waals surface area contributed by atoms with Crippen LogP contribution in [0, 0.1) is 0 Å². The van der Waals surface area contributed by atoms with Gasteiger partial charge in [0.2, 0.25) is 10.0 Å². The van der Waals surface area contributed by atoms with E-state index < -0.39 is 10.0 Å². The molecule has 3 rings (SSSR count). The van der Waals surface area contributed by atoms with Gasteiger partial charge in [-0.1, -0.05) is 25.1 Å². The fraction of sp³-hybridized carbons (Fsp3) is 0.188. The Hall–Kier alpha value is -2.18. The first kappa shape index (κ1) is 14.7. The molecular formula is C16H17N3O2S. The Kier molecular flexibility index (Phi) is 3.96. The van der Waals surface area contributed by atoms with Gasteiger partial charge in [0.05, 0.1) is 22.3 Å². The van der Waals surface area contributed by atoms with Crippen molar-refractivity contribution in [1.29, 1.82) is 0 Å². The maximum atomic E-state index is 12.3. The van der Waals surface area contributed by atoms with E-state index >= 15 is 0 Å². The summed E-state index contributed by atoms with van der Waals surface area (Å²) < 4.78 is 27.2. The number of aryl methyl sites for hydroxylation is 1. The van der Waals surface area contributed by atoms with Crippen LogP contribution < -0.4 is 4.72 Å². The zero-order valence-corrected chi connectivity index (χ0v) is 13.0. The van der Waals surface area contributed by atoms with Crippen LogP contribution in [-0.2, 0) is 23.0 Å². The van der Waals surface area contributed by atoms with Crippen LogP contribution >= 0.6 is 0 Å². The molecule has 3 aromatic rings. The summed E-state index contributed by atoms with van der Waals surface area (Å²) >= 11 is 0. The van der Waals surface area contributed by atoms with Crippen molar-refractivity contribution >= 4 is 21.1 Å². The van der Waals surface area contributed by atoms with Gasteiger partial charge in [-0.2, -0.15) is 0 Å². The SMILES string of the molecule is CCc1ccc(S(=O)(=O)NCc2ccc3nc[nH]c3c2)cc1. The maximum Gasteiger partial charge on any atom is 0.240 e. The quantitative estimate of drug-likeness (QED) is 0.760. The standard InChI is InChI=1S/C16H17N3O2S/c1-2-12-3-6-14(7-4-12)22(20,21)19-10-13-5-8-15-16(9-13)18-11-17-15/h3-9,11,19H,2,10H2,1H3,(H,17,18). The van der Waals surface area contributed by atoms with Crippen LogP contribution in [0.4, 0.5) is 0 Å². The third-order valence-electron chi connectivity index (χ3n) is 3.59. The largest absolute Gasteiger partial charge is 0.345 e. The fourth-order valence-electron chi connectivity index (χ4n) is 2.26. The van der Waals surface area contributed by atoms with Crippen LogP contribution in [0.2, 0.25) is 0 Å². The van der Waals surface area contributed by atoms with Crippen LogP contribution in [0.25, 0.3) is 11.0 Å². The lowest BCUT2D eigenvalue weighted by Crippen LogP contribution is -2.23. The topological polar surface area (TPSA) is 74.8 Å². The molecule has 22 heavy (non-hydrogen) atoms. The Bertz CT molecular complexity index is 883. The van der Waals surface area contributed by atoms with Crippen LogP contribution in [0.1, 0.15) is 18.1 Å². The molecule has 0 fully saturated rings. The first-order valence-corrected chi connectivity index (χ1v) is 8.57. The number of rotatable bonds is 5. The van der Waals surface area contributed by atoms with E-state index in [1.54, 1.807) is 18.5 Å². The van der Waals surface area contributed by atoms with Gasteiger partial charge >= 0.3 is 0 Å². The highest BCUT2D eigenvalue weighted by Gasteiger charge is 2.13. The number of aromatic nitrogens is 2. The molecule has 1 aromatic heterocycles. The van der Waals surface area contributed by atoms with Gasteiger partial charge in [0.25, 0.3) is 0 Å². The predicted molar refractivity (Wildman–Crippen MR) is 85.9 cm³/mol. The molecule has 0 bridgehead atoms. The second-order valence-electron chi connectivity index (χ2n) is 5.08. The summed E-state index contributed by atoms with van der Waals surface area (Å²) in [7, 11) is -3.50. The zero-order valence-electron chi connectivity index (χ0n) is 12.2. The number of imidazole rings is 1. The number of aromatic amines is 1. The Labute approximate surface area is 129 Å². The normalized spacial score (nSPS) is 11.9. The molecule has 0 aliphatic heterocycles. The summed E-state index contributed by atoms with van der Waals surface area (Å²) in [6.07, 6.45) is 2.51. The lowest BCUT2D eigenvalue weighted by molar-refractivity contribution is 0.581. The van der Waals surface area contributed by atoms with Crippen molar-refractivity contribution in [2.45, 2.75) is 24.8 Å². The molecule has 5 nitrogen and oxygen atoms in total. The van der Waals surface area contributed by atoms with E-state index in [1.807, 2.05) is 37.3 Å². The number of sulfonamides is 1. The monoisotopic (exact) mass is 315 g/mol. The highest BCUT2D eigenvalue weighted by Crippen LogP contribution is 2.14. The van der Waals surface area contributed by atoms with Gasteiger partial charge in [-0.15, -0.1) is 0 Å². The molecule has 0 amide bonds. The Morgan fingerprint density at radius 3 is 2.55 bits per heavy atom. The van der Waals surface area contributed by atoms with E-state index in [2.05, 4.69) is 14.7 Å². The summed E-state index contributed by atoms with van der Waals surface area (Å²) in [6.45, 7) is 2.28. The van der Waals surface area contributed by atoms with E-state index in [-0.39, 0.29) is 11.4 Å². The highest BCUT2D eigenvalue weighted by atomic mass is 32.2. The summed E-state index contributed by atoms with van der Waals surface area (Å²) in [6, 6.07) is 12.6. The number of nitrogens with one attached hydrogen (secondary N) is 2. The van der Waals surface area contributed by atoms with Gasteiger partial charge in [0.15, 0.2) is 0 Å². The molecule has 0 unspecified atom stereocenters. The van der Waals surface area contributed by atoms with Crippen LogP contribution in [-0.4, -0.2) is 18.4 Å². The Balaban J connectivity index is 1.75. The second-order valence-corrected chi connectivity index (χ2v) is 6.84. The zero-order chi connectivity index (χ0) is 15.6. The number of fused-ring (bicyclic) bond motifs is 1. The Morgan fingerprint density at radius 1 is 1.09 bits per heavy atom. The number of nitrogens with zero attached hydrogens (tertiary/aromatic N) is 1. The van der Waals surface area contributed by atoms with Crippen molar-refractivity contribution in [2.75, 3.05) is 0 Å². The van der Waals surface area contributed by atoms with Crippen molar-refractivity contribution in [1.82, 2.24) is 14.7 Å². The molecule has 2 N–H and O–H groups in total. The third-order valence-corrected chi connectivity index (χ3v) is 5.01. The molecule has 0 aliphatic carbocycles. The van der Waals surface area contributed by atoms with Crippen molar-refractivity contribution in [3.8, 4) is 0 Å². The smallest absolute Gasteiger partial charge is 0.240 e. The third kappa shape index (κ3) is 3.03. The minimum absolute atomic E-state index is 0.243. The summed E-state index contributed by atoms with van der Waals surface area (Å²) in [4.78, 5) is 7.44. The number of hydrogen-bond acceptors (Lipinski definition) is 3. The van der Waals surface area contributed by atoms with E-state index in [9.17, 15) is 8.42 Å². The number of hydrogen-bond donors (Lipinski definition) is 2. The van der Waals surface area contributed by atoms with Crippen molar-refractivity contribution in [3.63, 3.8) is 0 Å². The summed E-state index contributed by atoms with van der Waals surface area (Å²) in [5.74, 6) is 0. The van der Waals surface area contributed by atoms with Crippen LogP contribution in [0.15, 0.2) is 53.7 Å². The van der Waals surface area contributed by atoms with Crippen LogP contribution in [0.3, 0.4) is 0 Å². The Morgan fingerprint density at radius 2 is 1.82 bits per heavy atom. The van der Waals surface area contributed by atoms with E-state index in [0.717, 1.165) is 28.6 Å². The van der Waals surface area contributed by atoms with E-state index in [1.165, 1.54) is 0 Å².